The Hall–Kier alpha value is -1.11. The van der Waals surface area contributed by atoms with E-state index in [-0.39, 0.29) is 0 Å². The largest absolute Gasteiger partial charge is 0.288 e. The molecule has 0 atom stereocenters. The maximum atomic E-state index is 4.65. The van der Waals surface area contributed by atoms with Crippen LogP contribution in [0.15, 0.2) is 29.3 Å². The average molecular weight is 171 g/mol. The molecule has 2 aliphatic rings. The molecule has 0 bridgehead atoms. The molecule has 1 fully saturated rings. The Morgan fingerprint density at radius 1 is 1.15 bits per heavy atom. The molecular formula is C12H13N. The van der Waals surface area contributed by atoms with Gasteiger partial charge in [-0.2, -0.15) is 0 Å². The van der Waals surface area contributed by atoms with Crippen LogP contribution in [0.5, 0.6) is 0 Å². The van der Waals surface area contributed by atoms with Gasteiger partial charge in [0.25, 0.3) is 0 Å². The second-order valence-corrected chi connectivity index (χ2v) is 3.95. The quantitative estimate of drug-likeness (QED) is 0.615. The minimum Gasteiger partial charge on any atom is -0.288 e. The summed E-state index contributed by atoms with van der Waals surface area (Å²) in [5.41, 5.74) is 4.32. The molecule has 3 rings (SSSR count). The third-order valence-corrected chi connectivity index (χ3v) is 2.92. The Balaban J connectivity index is 2.09. The Kier molecular flexibility index (Phi) is 1.51. The minimum atomic E-state index is 0.793. The van der Waals surface area contributed by atoms with Gasteiger partial charge in [0, 0.05) is 18.2 Å². The molecule has 0 aromatic heterocycles. The van der Waals surface area contributed by atoms with Crippen molar-refractivity contribution >= 4 is 5.71 Å². The van der Waals surface area contributed by atoms with Crippen molar-refractivity contribution in [2.24, 2.45) is 10.9 Å². The third-order valence-electron chi connectivity index (χ3n) is 2.92. The summed E-state index contributed by atoms with van der Waals surface area (Å²) in [7, 11) is 0. The van der Waals surface area contributed by atoms with Gasteiger partial charge >= 0.3 is 0 Å². The van der Waals surface area contributed by atoms with Crippen LogP contribution >= 0.6 is 0 Å². The van der Waals surface area contributed by atoms with E-state index in [0.717, 1.165) is 18.9 Å². The van der Waals surface area contributed by atoms with Gasteiger partial charge in [-0.3, -0.25) is 4.99 Å². The summed E-state index contributed by atoms with van der Waals surface area (Å²) in [4.78, 5) is 4.65. The zero-order valence-electron chi connectivity index (χ0n) is 7.66. The highest BCUT2D eigenvalue weighted by Crippen LogP contribution is 2.35. The molecule has 1 aromatic carbocycles. The van der Waals surface area contributed by atoms with Crippen LogP contribution < -0.4 is 0 Å². The predicted molar refractivity (Wildman–Crippen MR) is 54.3 cm³/mol. The second-order valence-electron chi connectivity index (χ2n) is 3.95. The first-order valence-corrected chi connectivity index (χ1v) is 5.08. The van der Waals surface area contributed by atoms with Crippen LogP contribution in [0, 0.1) is 5.92 Å². The molecule has 0 radical (unpaired) electrons. The van der Waals surface area contributed by atoms with Crippen LogP contribution in [0.2, 0.25) is 0 Å². The van der Waals surface area contributed by atoms with E-state index in [9.17, 15) is 0 Å². The predicted octanol–water partition coefficient (Wildman–Crippen LogP) is 2.44. The number of benzene rings is 1. The average Bonchev–Trinajstić information content (AvgIpc) is 3.00. The van der Waals surface area contributed by atoms with Gasteiger partial charge < -0.3 is 0 Å². The molecule has 0 unspecified atom stereocenters. The first kappa shape index (κ1) is 7.31. The normalized spacial score (nSPS) is 20.8. The first-order valence-electron chi connectivity index (χ1n) is 5.08. The molecule has 0 spiro atoms. The van der Waals surface area contributed by atoms with Gasteiger partial charge in [-0.25, -0.2) is 0 Å². The van der Waals surface area contributed by atoms with E-state index in [1.807, 2.05) is 0 Å². The fraction of sp³-hybridized carbons (Fsp3) is 0.417. The van der Waals surface area contributed by atoms with Gasteiger partial charge in [-0.15, -0.1) is 0 Å². The SMILES string of the molecule is c1ccc2c(c1)CCN=C2C1CC1. The molecule has 1 heteroatoms. The molecule has 13 heavy (non-hydrogen) atoms. The fourth-order valence-electron chi connectivity index (χ4n) is 2.08. The first-order chi connectivity index (χ1) is 6.45. The highest BCUT2D eigenvalue weighted by molar-refractivity contribution is 6.05. The number of nitrogens with zero attached hydrogens (tertiary/aromatic N) is 1. The van der Waals surface area contributed by atoms with Crippen LogP contribution in [0.25, 0.3) is 0 Å². The fourth-order valence-corrected chi connectivity index (χ4v) is 2.08. The van der Waals surface area contributed by atoms with Gasteiger partial charge in [-0.05, 0) is 30.4 Å². The lowest BCUT2D eigenvalue weighted by atomic mass is 9.95. The highest BCUT2D eigenvalue weighted by Gasteiger charge is 2.30. The van der Waals surface area contributed by atoms with E-state index in [1.54, 1.807) is 0 Å². The van der Waals surface area contributed by atoms with Crippen molar-refractivity contribution in [1.82, 2.24) is 0 Å². The zero-order chi connectivity index (χ0) is 8.67. The molecule has 1 nitrogen and oxygen atoms in total. The summed E-state index contributed by atoms with van der Waals surface area (Å²) in [5.74, 6) is 0.793. The summed E-state index contributed by atoms with van der Waals surface area (Å²) in [5, 5.41) is 0. The summed E-state index contributed by atoms with van der Waals surface area (Å²) >= 11 is 0. The van der Waals surface area contributed by atoms with E-state index in [2.05, 4.69) is 29.3 Å². The standard InChI is InChI=1S/C12H13N/c1-2-4-11-9(3-1)7-8-13-12(11)10-5-6-10/h1-4,10H,5-8H2. The van der Waals surface area contributed by atoms with Gasteiger partial charge in [0.2, 0.25) is 0 Å². The topological polar surface area (TPSA) is 12.4 Å². The van der Waals surface area contributed by atoms with Crippen LogP contribution in [0.3, 0.4) is 0 Å². The van der Waals surface area contributed by atoms with Crippen LogP contribution in [0.4, 0.5) is 0 Å². The molecular weight excluding hydrogens is 158 g/mol. The molecule has 1 aliphatic heterocycles. The molecule has 1 aliphatic carbocycles. The molecule has 1 saturated carbocycles. The van der Waals surface area contributed by atoms with E-state index in [0.29, 0.717) is 0 Å². The van der Waals surface area contributed by atoms with Crippen molar-refractivity contribution in [3.8, 4) is 0 Å². The summed E-state index contributed by atoms with van der Waals surface area (Å²) in [6.45, 7) is 1.00. The van der Waals surface area contributed by atoms with Crippen LogP contribution in [0.1, 0.15) is 24.0 Å². The van der Waals surface area contributed by atoms with Crippen molar-refractivity contribution in [3.05, 3.63) is 35.4 Å². The molecule has 0 N–H and O–H groups in total. The third kappa shape index (κ3) is 1.19. The summed E-state index contributed by atoms with van der Waals surface area (Å²) in [6.07, 6.45) is 3.84. The Morgan fingerprint density at radius 2 is 2.00 bits per heavy atom. The van der Waals surface area contributed by atoms with E-state index in [4.69, 9.17) is 0 Å². The van der Waals surface area contributed by atoms with Gasteiger partial charge in [-0.1, -0.05) is 24.3 Å². The number of aliphatic imine (C=N–C) groups is 1. The Labute approximate surface area is 78.5 Å². The lowest BCUT2D eigenvalue weighted by Gasteiger charge is -2.15. The Bertz CT molecular complexity index is 361. The summed E-state index contributed by atoms with van der Waals surface area (Å²) < 4.78 is 0. The van der Waals surface area contributed by atoms with Crippen molar-refractivity contribution in [1.29, 1.82) is 0 Å². The second kappa shape index (κ2) is 2.69. The monoisotopic (exact) mass is 171 g/mol. The van der Waals surface area contributed by atoms with Crippen molar-refractivity contribution in [2.75, 3.05) is 6.54 Å². The highest BCUT2D eigenvalue weighted by atomic mass is 14.8. The maximum Gasteiger partial charge on any atom is 0.0454 e. The van der Waals surface area contributed by atoms with E-state index < -0.39 is 0 Å². The lowest BCUT2D eigenvalue weighted by Crippen LogP contribution is -2.14. The smallest absolute Gasteiger partial charge is 0.0454 e. The van der Waals surface area contributed by atoms with Gasteiger partial charge in [0.15, 0.2) is 0 Å². The molecule has 1 aromatic rings. The Morgan fingerprint density at radius 3 is 2.85 bits per heavy atom. The van der Waals surface area contributed by atoms with Gasteiger partial charge in [0.05, 0.1) is 0 Å². The minimum absolute atomic E-state index is 0.793. The van der Waals surface area contributed by atoms with Gasteiger partial charge in [0.1, 0.15) is 0 Å². The van der Waals surface area contributed by atoms with Crippen LogP contribution in [-0.2, 0) is 6.42 Å². The molecule has 0 saturated heterocycles. The number of rotatable bonds is 1. The van der Waals surface area contributed by atoms with Crippen molar-refractivity contribution < 1.29 is 0 Å². The number of hydrogen-bond donors (Lipinski definition) is 0. The van der Waals surface area contributed by atoms with E-state index in [1.165, 1.54) is 29.7 Å². The maximum absolute atomic E-state index is 4.65. The molecule has 1 heterocycles. The van der Waals surface area contributed by atoms with E-state index >= 15 is 0 Å². The summed E-state index contributed by atoms with van der Waals surface area (Å²) in [6, 6.07) is 8.73. The van der Waals surface area contributed by atoms with Crippen LogP contribution in [-0.4, -0.2) is 12.3 Å². The molecule has 0 amide bonds. The number of fused-ring (bicyclic) bond motifs is 1. The zero-order valence-corrected chi connectivity index (χ0v) is 7.66. The van der Waals surface area contributed by atoms with Crippen molar-refractivity contribution in [3.63, 3.8) is 0 Å². The molecule has 66 valence electrons. The lowest BCUT2D eigenvalue weighted by molar-refractivity contribution is 0.922. The van der Waals surface area contributed by atoms with Crippen molar-refractivity contribution in [2.45, 2.75) is 19.3 Å². The number of hydrogen-bond acceptors (Lipinski definition) is 1.